The highest BCUT2D eigenvalue weighted by Crippen LogP contribution is 2.30. The van der Waals surface area contributed by atoms with Crippen LogP contribution in [-0.2, 0) is 0 Å². The second-order valence-corrected chi connectivity index (χ2v) is 5.31. The Kier molecular flexibility index (Phi) is 2.29. The van der Waals surface area contributed by atoms with E-state index in [0.717, 1.165) is 10.9 Å². The van der Waals surface area contributed by atoms with Crippen molar-refractivity contribution in [2.24, 2.45) is 5.92 Å². The predicted molar refractivity (Wildman–Crippen MR) is 63.1 cm³/mol. The highest BCUT2D eigenvalue weighted by molar-refractivity contribution is 7.10. The first-order valence-electron chi connectivity index (χ1n) is 5.52. The van der Waals surface area contributed by atoms with Gasteiger partial charge in [0.1, 0.15) is 10.8 Å². The Morgan fingerprint density at radius 3 is 2.80 bits per heavy atom. The van der Waals surface area contributed by atoms with Gasteiger partial charge in [0.15, 0.2) is 0 Å². The van der Waals surface area contributed by atoms with E-state index in [1.807, 2.05) is 6.07 Å². The number of aromatic nitrogens is 1. The van der Waals surface area contributed by atoms with Gasteiger partial charge in [-0.3, -0.25) is 0 Å². The van der Waals surface area contributed by atoms with Crippen LogP contribution >= 0.6 is 11.5 Å². The Bertz CT molecular complexity index is 343. The molecular formula is C10H16N4S. The number of hydrogen-bond acceptors (Lipinski definition) is 5. The molecule has 3 N–H and O–H groups in total. The lowest BCUT2D eigenvalue weighted by molar-refractivity contribution is 0.0976. The minimum absolute atomic E-state index is 0.604. The van der Waals surface area contributed by atoms with Crippen molar-refractivity contribution in [3.05, 3.63) is 6.07 Å². The third-order valence-corrected chi connectivity index (χ3v) is 4.25. The van der Waals surface area contributed by atoms with Crippen LogP contribution in [0.2, 0.25) is 0 Å². The van der Waals surface area contributed by atoms with E-state index in [-0.39, 0.29) is 0 Å². The van der Waals surface area contributed by atoms with E-state index in [1.165, 1.54) is 44.0 Å². The third kappa shape index (κ3) is 1.81. The smallest absolute Gasteiger partial charge is 0.139 e. The summed E-state index contributed by atoms with van der Waals surface area (Å²) in [6.45, 7) is 3.75. The van der Waals surface area contributed by atoms with E-state index in [2.05, 4.69) is 14.6 Å². The fourth-order valence-electron chi connectivity index (χ4n) is 2.67. The molecule has 1 atom stereocenters. The number of fused-ring (bicyclic) bond motifs is 3. The Hall–Kier alpha value is -0.810. The van der Waals surface area contributed by atoms with Gasteiger partial charge in [0.05, 0.1) is 0 Å². The molecule has 3 aliphatic heterocycles. The maximum absolute atomic E-state index is 5.61. The minimum Gasteiger partial charge on any atom is -0.383 e. The summed E-state index contributed by atoms with van der Waals surface area (Å²) in [4.78, 5) is 2.54. The Morgan fingerprint density at radius 2 is 2.27 bits per heavy atom. The highest BCUT2D eigenvalue weighted by Gasteiger charge is 2.34. The molecular weight excluding hydrogens is 208 g/mol. The van der Waals surface area contributed by atoms with Crippen LogP contribution in [-0.4, -0.2) is 34.9 Å². The summed E-state index contributed by atoms with van der Waals surface area (Å²) >= 11 is 1.47. The highest BCUT2D eigenvalue weighted by atomic mass is 32.1. The molecule has 5 heteroatoms. The molecule has 1 unspecified atom stereocenters. The normalized spacial score (nSPS) is 34.3. The van der Waals surface area contributed by atoms with E-state index < -0.39 is 0 Å². The van der Waals surface area contributed by atoms with Gasteiger partial charge in [-0.1, -0.05) is 0 Å². The van der Waals surface area contributed by atoms with E-state index in [9.17, 15) is 0 Å². The third-order valence-electron chi connectivity index (χ3n) is 3.51. The molecule has 1 aromatic rings. The van der Waals surface area contributed by atoms with Crippen molar-refractivity contribution in [3.63, 3.8) is 0 Å². The molecule has 15 heavy (non-hydrogen) atoms. The molecule has 82 valence electrons. The first-order valence-corrected chi connectivity index (χ1v) is 6.30. The predicted octanol–water partition coefficient (Wildman–Crippen LogP) is 1.23. The topological polar surface area (TPSA) is 54.2 Å². The summed E-state index contributed by atoms with van der Waals surface area (Å²) in [5, 5.41) is 4.68. The van der Waals surface area contributed by atoms with Crippen LogP contribution < -0.4 is 11.1 Å². The number of anilines is 2. The molecule has 3 saturated heterocycles. The molecule has 0 radical (unpaired) electrons. The molecule has 3 aliphatic rings. The number of rotatable bonds is 2. The van der Waals surface area contributed by atoms with Crippen LogP contribution in [0.25, 0.3) is 0 Å². The van der Waals surface area contributed by atoms with Gasteiger partial charge in [0.25, 0.3) is 0 Å². The summed E-state index contributed by atoms with van der Waals surface area (Å²) in [5.41, 5.74) is 5.61. The van der Waals surface area contributed by atoms with Gasteiger partial charge in [-0.2, -0.15) is 4.37 Å². The van der Waals surface area contributed by atoms with Crippen molar-refractivity contribution < 1.29 is 0 Å². The largest absolute Gasteiger partial charge is 0.383 e. The zero-order valence-electron chi connectivity index (χ0n) is 8.65. The molecule has 0 saturated carbocycles. The van der Waals surface area contributed by atoms with Gasteiger partial charge >= 0.3 is 0 Å². The zero-order valence-corrected chi connectivity index (χ0v) is 9.46. The summed E-state index contributed by atoms with van der Waals surface area (Å²) < 4.78 is 4.09. The quantitative estimate of drug-likeness (QED) is 0.793. The number of nitrogen functional groups attached to an aromatic ring is 1. The van der Waals surface area contributed by atoms with Gasteiger partial charge in [0.2, 0.25) is 0 Å². The number of piperidine rings is 3. The second-order valence-electron chi connectivity index (χ2n) is 4.50. The average Bonchev–Trinajstić information content (AvgIpc) is 2.66. The number of nitrogens with one attached hydrogen (secondary N) is 1. The molecule has 4 heterocycles. The second kappa shape index (κ2) is 3.64. The lowest BCUT2D eigenvalue weighted by Gasteiger charge is -2.45. The van der Waals surface area contributed by atoms with Crippen LogP contribution in [0.3, 0.4) is 0 Å². The maximum atomic E-state index is 5.61. The molecule has 3 fully saturated rings. The summed E-state index contributed by atoms with van der Waals surface area (Å²) in [7, 11) is 0. The van der Waals surface area contributed by atoms with E-state index in [1.54, 1.807) is 0 Å². The fraction of sp³-hybridized carbons (Fsp3) is 0.700. The molecule has 0 spiro atoms. The first kappa shape index (κ1) is 9.42. The average molecular weight is 224 g/mol. The number of nitrogens with two attached hydrogens (primary N) is 1. The molecule has 1 aromatic heterocycles. The van der Waals surface area contributed by atoms with Crippen molar-refractivity contribution in [2.75, 3.05) is 30.7 Å². The lowest BCUT2D eigenvalue weighted by Crippen LogP contribution is -2.53. The zero-order chi connectivity index (χ0) is 10.3. The molecule has 4 nitrogen and oxygen atoms in total. The van der Waals surface area contributed by atoms with Crippen LogP contribution in [0, 0.1) is 5.92 Å². The molecule has 0 amide bonds. The lowest BCUT2D eigenvalue weighted by atomic mass is 9.84. The number of nitrogens with zero attached hydrogens (tertiary/aromatic N) is 2. The van der Waals surface area contributed by atoms with Gasteiger partial charge in [-0.15, -0.1) is 0 Å². The molecule has 2 bridgehead atoms. The first-order chi connectivity index (χ1) is 7.31. The molecule has 0 aliphatic carbocycles. The van der Waals surface area contributed by atoms with Gasteiger partial charge in [0, 0.05) is 18.7 Å². The molecule has 0 aromatic carbocycles. The summed E-state index contributed by atoms with van der Waals surface area (Å²) in [6.07, 6.45) is 2.68. The number of hydrogen-bond donors (Lipinski definition) is 2. The molecule has 4 rings (SSSR count). The van der Waals surface area contributed by atoms with E-state index in [0.29, 0.717) is 11.9 Å². The monoisotopic (exact) mass is 224 g/mol. The maximum Gasteiger partial charge on any atom is 0.139 e. The van der Waals surface area contributed by atoms with Crippen LogP contribution in [0.15, 0.2) is 6.07 Å². The Morgan fingerprint density at radius 1 is 1.47 bits per heavy atom. The van der Waals surface area contributed by atoms with Gasteiger partial charge in [-0.05, 0) is 43.4 Å². The van der Waals surface area contributed by atoms with Gasteiger partial charge in [-0.25, -0.2) is 0 Å². The van der Waals surface area contributed by atoms with Crippen molar-refractivity contribution in [3.8, 4) is 0 Å². The standard InChI is InChI=1S/C10H16N4S/c11-9-5-10(15-13-9)12-8-6-14-3-1-7(8)2-4-14/h5,7-8,12H,1-4,6H2,(H2,11,13). The fourth-order valence-corrected chi connectivity index (χ4v) is 3.30. The minimum atomic E-state index is 0.604. The Labute approximate surface area is 93.6 Å². The van der Waals surface area contributed by atoms with Gasteiger partial charge < -0.3 is 16.0 Å². The summed E-state index contributed by atoms with van der Waals surface area (Å²) in [5.74, 6) is 1.47. The van der Waals surface area contributed by atoms with Crippen molar-refractivity contribution in [2.45, 2.75) is 18.9 Å². The van der Waals surface area contributed by atoms with Crippen LogP contribution in [0.5, 0.6) is 0 Å². The van der Waals surface area contributed by atoms with Crippen LogP contribution in [0.4, 0.5) is 10.8 Å². The summed E-state index contributed by atoms with van der Waals surface area (Å²) in [6, 6.07) is 2.54. The Balaban J connectivity index is 1.68. The van der Waals surface area contributed by atoms with Crippen molar-refractivity contribution in [1.82, 2.24) is 9.27 Å². The van der Waals surface area contributed by atoms with E-state index in [4.69, 9.17) is 5.73 Å². The van der Waals surface area contributed by atoms with Crippen LogP contribution in [0.1, 0.15) is 12.8 Å². The van der Waals surface area contributed by atoms with Crippen molar-refractivity contribution >= 4 is 22.4 Å². The van der Waals surface area contributed by atoms with E-state index >= 15 is 0 Å². The van der Waals surface area contributed by atoms with Crippen molar-refractivity contribution in [1.29, 1.82) is 0 Å². The SMILES string of the molecule is Nc1cc(NC2CN3CCC2CC3)sn1.